The van der Waals surface area contributed by atoms with Crippen LogP contribution in [0.1, 0.15) is 0 Å². The fourth-order valence-corrected chi connectivity index (χ4v) is 3.16. The van der Waals surface area contributed by atoms with Crippen LogP contribution in [0, 0.1) is 0 Å². The second-order valence-electron chi connectivity index (χ2n) is 2.88. The summed E-state index contributed by atoms with van der Waals surface area (Å²) in [5.41, 5.74) is 1.10. The molecule has 5 heteroatoms. The molecule has 2 rings (SSSR count). The molecule has 14 heavy (non-hydrogen) atoms. The van der Waals surface area contributed by atoms with Crippen molar-refractivity contribution in [1.82, 2.24) is 0 Å². The highest BCUT2D eigenvalue weighted by Crippen LogP contribution is 2.49. The predicted molar refractivity (Wildman–Crippen MR) is 61.4 cm³/mol. The summed E-state index contributed by atoms with van der Waals surface area (Å²) in [7, 11) is 1.09. The van der Waals surface area contributed by atoms with E-state index in [9.17, 15) is 0 Å². The summed E-state index contributed by atoms with van der Waals surface area (Å²) < 4.78 is 14.0. The number of hydrogen-bond acceptors (Lipinski definition) is 3. The molecule has 0 spiro atoms. The van der Waals surface area contributed by atoms with Gasteiger partial charge in [-0.1, -0.05) is 12.1 Å². The normalized spacial score (nSPS) is 17.3. The molecule has 1 fully saturated rings. The van der Waals surface area contributed by atoms with E-state index < -0.39 is 8.53 Å². The van der Waals surface area contributed by atoms with Gasteiger partial charge in [-0.05, 0) is 28.1 Å². The van der Waals surface area contributed by atoms with Crippen molar-refractivity contribution in [3.05, 3.63) is 28.7 Å². The molecule has 1 saturated heterocycles. The molecule has 0 saturated carbocycles. The summed E-state index contributed by atoms with van der Waals surface area (Å²) in [5, 5.41) is 0. The molecule has 0 aromatic heterocycles. The summed E-state index contributed by atoms with van der Waals surface area (Å²) >= 11 is 3.50. The summed E-state index contributed by atoms with van der Waals surface area (Å²) in [4.78, 5) is 0. The van der Waals surface area contributed by atoms with Crippen molar-refractivity contribution in [1.29, 1.82) is 0 Å². The molecular weight excluding hydrogens is 265 g/mol. The first-order valence-electron chi connectivity index (χ1n) is 4.33. The van der Waals surface area contributed by atoms with Crippen molar-refractivity contribution < 1.29 is 9.05 Å². The van der Waals surface area contributed by atoms with Crippen LogP contribution in [0.5, 0.6) is 0 Å². The molecule has 0 bridgehead atoms. The lowest BCUT2D eigenvalue weighted by Crippen LogP contribution is -2.10. The van der Waals surface area contributed by atoms with E-state index in [1.165, 1.54) is 0 Å². The molecule has 1 heterocycles. The highest BCUT2D eigenvalue weighted by atomic mass is 79.9. The minimum absolute atomic E-state index is 0.695. The Morgan fingerprint density at radius 1 is 1.29 bits per heavy atom. The molecular formula is C9H11BrNO2P. The lowest BCUT2D eigenvalue weighted by Gasteiger charge is -2.23. The Hall–Kier alpha value is -0.150. The van der Waals surface area contributed by atoms with Crippen molar-refractivity contribution in [2.24, 2.45) is 0 Å². The lowest BCUT2D eigenvalue weighted by atomic mass is 10.3. The summed E-state index contributed by atoms with van der Waals surface area (Å²) in [5.74, 6) is 0. The molecule has 1 aliphatic heterocycles. The number of rotatable bonds is 2. The van der Waals surface area contributed by atoms with Gasteiger partial charge < -0.3 is 13.7 Å². The first-order valence-corrected chi connectivity index (χ1v) is 6.25. The Kier molecular flexibility index (Phi) is 3.39. The van der Waals surface area contributed by atoms with Gasteiger partial charge in [-0.15, -0.1) is 0 Å². The molecule has 0 unspecified atom stereocenters. The van der Waals surface area contributed by atoms with Crippen LogP contribution in [0.2, 0.25) is 0 Å². The van der Waals surface area contributed by atoms with Gasteiger partial charge in [-0.25, -0.2) is 0 Å². The van der Waals surface area contributed by atoms with Crippen LogP contribution >= 0.6 is 24.5 Å². The van der Waals surface area contributed by atoms with Crippen molar-refractivity contribution in [2.75, 3.05) is 24.9 Å². The quantitative estimate of drug-likeness (QED) is 0.774. The minimum Gasteiger partial charge on any atom is -0.315 e. The molecule has 1 aromatic rings. The maximum absolute atomic E-state index is 5.47. The highest BCUT2D eigenvalue weighted by molar-refractivity contribution is 9.10. The molecule has 0 radical (unpaired) electrons. The number of para-hydroxylation sites is 1. The van der Waals surface area contributed by atoms with Crippen LogP contribution in [-0.2, 0) is 9.05 Å². The Balaban J connectivity index is 2.17. The van der Waals surface area contributed by atoms with Gasteiger partial charge in [-0.2, -0.15) is 0 Å². The summed E-state index contributed by atoms with van der Waals surface area (Å²) in [6, 6.07) is 8.04. The maximum atomic E-state index is 5.47. The average Bonchev–Trinajstić information content (AvgIpc) is 2.70. The number of benzene rings is 1. The van der Waals surface area contributed by atoms with E-state index in [1.54, 1.807) is 0 Å². The van der Waals surface area contributed by atoms with Crippen LogP contribution < -0.4 is 4.67 Å². The third-order valence-electron chi connectivity index (χ3n) is 1.93. The molecule has 1 aliphatic rings. The molecule has 1 aromatic carbocycles. The zero-order valence-corrected chi connectivity index (χ0v) is 10.3. The van der Waals surface area contributed by atoms with E-state index in [0.29, 0.717) is 13.2 Å². The fraction of sp³-hybridized carbons (Fsp3) is 0.333. The van der Waals surface area contributed by atoms with Crippen LogP contribution in [0.25, 0.3) is 0 Å². The van der Waals surface area contributed by atoms with Crippen LogP contribution in [0.15, 0.2) is 28.7 Å². The van der Waals surface area contributed by atoms with Gasteiger partial charge in [-0.3, -0.25) is 0 Å². The average molecular weight is 276 g/mol. The fourth-order valence-electron chi connectivity index (χ4n) is 1.24. The van der Waals surface area contributed by atoms with E-state index in [-0.39, 0.29) is 0 Å². The third kappa shape index (κ3) is 2.09. The van der Waals surface area contributed by atoms with Gasteiger partial charge in [0.1, 0.15) is 0 Å². The zero-order valence-electron chi connectivity index (χ0n) is 7.81. The van der Waals surface area contributed by atoms with Gasteiger partial charge in [0.2, 0.25) is 0 Å². The van der Waals surface area contributed by atoms with Gasteiger partial charge in [0.15, 0.2) is 0 Å². The largest absolute Gasteiger partial charge is 0.315 e. The topological polar surface area (TPSA) is 21.7 Å². The number of hydrogen-bond donors (Lipinski definition) is 0. The molecule has 0 N–H and O–H groups in total. The number of anilines is 1. The molecule has 0 amide bonds. The van der Waals surface area contributed by atoms with Crippen molar-refractivity contribution in [3.8, 4) is 0 Å². The Morgan fingerprint density at radius 2 is 1.93 bits per heavy atom. The Bertz CT molecular complexity index is 317. The lowest BCUT2D eigenvalue weighted by molar-refractivity contribution is 0.365. The van der Waals surface area contributed by atoms with E-state index in [1.807, 2.05) is 36.0 Å². The summed E-state index contributed by atoms with van der Waals surface area (Å²) in [6.45, 7) is 1.39. The maximum Gasteiger partial charge on any atom is 0.289 e. The van der Waals surface area contributed by atoms with Gasteiger partial charge in [0.05, 0.1) is 18.9 Å². The van der Waals surface area contributed by atoms with Crippen LogP contribution in [0.3, 0.4) is 0 Å². The first-order chi connectivity index (χ1) is 6.79. The van der Waals surface area contributed by atoms with Crippen LogP contribution in [-0.4, -0.2) is 20.3 Å². The van der Waals surface area contributed by atoms with E-state index in [0.717, 1.165) is 10.2 Å². The molecule has 3 nitrogen and oxygen atoms in total. The van der Waals surface area contributed by atoms with Gasteiger partial charge >= 0.3 is 0 Å². The first kappa shape index (κ1) is 10.4. The Morgan fingerprint density at radius 3 is 2.57 bits per heavy atom. The zero-order chi connectivity index (χ0) is 9.97. The van der Waals surface area contributed by atoms with Crippen molar-refractivity contribution >= 4 is 30.1 Å². The van der Waals surface area contributed by atoms with E-state index in [2.05, 4.69) is 15.9 Å². The van der Waals surface area contributed by atoms with Gasteiger partial charge in [0.25, 0.3) is 8.53 Å². The van der Waals surface area contributed by atoms with E-state index >= 15 is 0 Å². The monoisotopic (exact) mass is 275 g/mol. The number of halogens is 1. The molecule has 0 aliphatic carbocycles. The van der Waals surface area contributed by atoms with Crippen LogP contribution in [0.4, 0.5) is 5.69 Å². The Labute approximate surface area is 93.1 Å². The minimum atomic E-state index is -0.895. The predicted octanol–water partition coefficient (Wildman–Crippen LogP) is 3.16. The molecule has 76 valence electrons. The molecule has 0 atom stereocenters. The second kappa shape index (κ2) is 4.58. The highest BCUT2D eigenvalue weighted by Gasteiger charge is 2.24. The smallest absolute Gasteiger partial charge is 0.289 e. The van der Waals surface area contributed by atoms with Crippen molar-refractivity contribution in [3.63, 3.8) is 0 Å². The van der Waals surface area contributed by atoms with Crippen molar-refractivity contribution in [2.45, 2.75) is 0 Å². The number of nitrogens with zero attached hydrogens (tertiary/aromatic N) is 1. The van der Waals surface area contributed by atoms with Gasteiger partial charge in [0, 0.05) is 11.5 Å². The van der Waals surface area contributed by atoms with E-state index in [4.69, 9.17) is 9.05 Å². The summed E-state index contributed by atoms with van der Waals surface area (Å²) in [6.07, 6.45) is 0. The SMILES string of the molecule is CN(c1ccccc1Br)P1OCCO1. The second-order valence-corrected chi connectivity index (χ2v) is 5.33. The third-order valence-corrected chi connectivity index (χ3v) is 4.12. The standard InChI is InChI=1S/C9H11BrNO2P/c1-11(14-12-6-7-13-14)9-5-3-2-4-8(9)10/h2-5H,6-7H2,1H3.